The molecule has 1 heterocycles. The molecule has 1 fully saturated rings. The van der Waals surface area contributed by atoms with Gasteiger partial charge in [0.25, 0.3) is 0 Å². The minimum Gasteiger partial charge on any atom is -0.296 e. The summed E-state index contributed by atoms with van der Waals surface area (Å²) < 4.78 is 0. The topological polar surface area (TPSA) is 57.1 Å². The lowest BCUT2D eigenvalue weighted by molar-refractivity contribution is -0.133. The van der Waals surface area contributed by atoms with Crippen LogP contribution in [0.25, 0.3) is 0 Å². The van der Waals surface area contributed by atoms with Crippen LogP contribution in [0.1, 0.15) is 106 Å². The monoisotopic (exact) mass is 418 g/mol. The van der Waals surface area contributed by atoms with Crippen LogP contribution >= 0.6 is 0 Å². The lowest BCUT2D eigenvalue weighted by atomic mass is 9.98. The van der Waals surface area contributed by atoms with Gasteiger partial charge in [0, 0.05) is 23.9 Å². The highest BCUT2D eigenvalue weighted by Gasteiger charge is 2.61. The molecule has 0 unspecified atom stereocenters. The predicted octanol–water partition coefficient (Wildman–Crippen LogP) is 6.10. The van der Waals surface area contributed by atoms with E-state index in [9.17, 15) is 4.79 Å². The molecule has 5 heteroatoms. The summed E-state index contributed by atoms with van der Waals surface area (Å²) in [5.74, 6) is 0.989. The molecule has 1 aliphatic heterocycles. The van der Waals surface area contributed by atoms with Crippen LogP contribution in [-0.4, -0.2) is 42.5 Å². The fraction of sp³-hybridized carbons (Fsp3) is 0.800. The normalized spacial score (nSPS) is 17.5. The first-order chi connectivity index (χ1) is 14.6. The molecular weight excluding hydrogens is 372 g/mol. The van der Waals surface area contributed by atoms with Crippen molar-refractivity contribution in [3.05, 3.63) is 11.4 Å². The van der Waals surface area contributed by atoms with Crippen molar-refractivity contribution in [2.24, 2.45) is 15.4 Å². The molecule has 0 aromatic heterocycles. The fourth-order valence-corrected chi connectivity index (χ4v) is 4.51. The van der Waals surface area contributed by atoms with Gasteiger partial charge in [0.2, 0.25) is 5.91 Å². The van der Waals surface area contributed by atoms with Crippen molar-refractivity contribution < 1.29 is 4.79 Å². The molecule has 1 N–H and O–H groups in total. The Labute approximate surface area is 185 Å². The Bertz CT molecular complexity index is 580. The lowest BCUT2D eigenvalue weighted by Crippen LogP contribution is -2.38. The lowest BCUT2D eigenvalue weighted by Gasteiger charge is -2.29. The number of rotatable bonds is 14. The van der Waals surface area contributed by atoms with Crippen molar-refractivity contribution in [1.82, 2.24) is 10.2 Å². The Kier molecular flexibility index (Phi) is 12.2. The van der Waals surface area contributed by atoms with Gasteiger partial charge in [-0.2, -0.15) is 0 Å². The van der Waals surface area contributed by atoms with E-state index >= 15 is 0 Å². The van der Waals surface area contributed by atoms with Crippen LogP contribution < -0.4 is 5.32 Å². The first kappa shape index (κ1) is 26.5. The molecule has 0 radical (unpaired) electrons. The van der Waals surface area contributed by atoms with Gasteiger partial charge < -0.3 is 0 Å². The summed E-state index contributed by atoms with van der Waals surface area (Å²) >= 11 is 0. The smallest absolute Gasteiger partial charge is 0.239 e. The molecule has 0 aromatic rings. The Hall–Kier alpha value is -1.49. The van der Waals surface area contributed by atoms with Crippen LogP contribution in [0, 0.1) is 5.41 Å². The summed E-state index contributed by atoms with van der Waals surface area (Å²) in [4.78, 5) is 24.2. The molecule has 1 spiro atoms. The minimum atomic E-state index is -0.369. The van der Waals surface area contributed by atoms with E-state index < -0.39 is 0 Å². The molecule has 1 aliphatic carbocycles. The van der Waals surface area contributed by atoms with E-state index in [4.69, 9.17) is 0 Å². The van der Waals surface area contributed by atoms with Gasteiger partial charge in [-0.1, -0.05) is 67.2 Å². The quantitative estimate of drug-likeness (QED) is 0.346. The molecule has 172 valence electrons. The van der Waals surface area contributed by atoms with E-state index in [1.54, 1.807) is 0 Å². The van der Waals surface area contributed by atoms with Gasteiger partial charge in [-0.3, -0.25) is 20.0 Å². The number of nitrogens with one attached hydrogen (secondary N) is 1. The second-order valence-electron chi connectivity index (χ2n) is 8.33. The SMILES string of the molecule is C=NC1=C(/C=N\CNC(CCC)CCC)C2(CC2)C(=O)N1C(CCC)CCC.CC. The van der Waals surface area contributed by atoms with Gasteiger partial charge in [-0.05, 0) is 45.2 Å². The van der Waals surface area contributed by atoms with Gasteiger partial charge >= 0.3 is 0 Å². The molecule has 0 aromatic carbocycles. The number of carbonyl (C=O) groups excluding carboxylic acids is 1. The summed E-state index contributed by atoms with van der Waals surface area (Å²) in [6.07, 6.45) is 12.6. The van der Waals surface area contributed by atoms with E-state index in [0.717, 1.165) is 49.9 Å². The summed E-state index contributed by atoms with van der Waals surface area (Å²) in [6.45, 7) is 17.2. The van der Waals surface area contributed by atoms with E-state index in [1.807, 2.05) is 25.0 Å². The fourth-order valence-electron chi connectivity index (χ4n) is 4.51. The van der Waals surface area contributed by atoms with E-state index in [2.05, 4.69) is 49.7 Å². The molecule has 5 nitrogen and oxygen atoms in total. The first-order valence-electron chi connectivity index (χ1n) is 12.4. The number of aliphatic imine (C=N–C) groups is 2. The predicted molar refractivity (Wildman–Crippen MR) is 130 cm³/mol. The van der Waals surface area contributed by atoms with Crippen LogP contribution in [0.4, 0.5) is 0 Å². The standard InChI is InChI=1S/C23H40N4O.C2H6/c1-6-10-18(11-7-2)26-17-25-16-20-21(24-5)27(19(12-8-3)13-9-4)22(28)23(20)14-15-23;1-2/h16,18-19,26H,5-15,17H2,1-4H3;1-2H3/b25-16-;. The average Bonchev–Trinajstić information content (AvgIpc) is 3.51. The van der Waals surface area contributed by atoms with Crippen LogP contribution in [0.15, 0.2) is 21.4 Å². The van der Waals surface area contributed by atoms with E-state index in [-0.39, 0.29) is 17.4 Å². The van der Waals surface area contributed by atoms with Crippen LogP contribution in [0.2, 0.25) is 0 Å². The van der Waals surface area contributed by atoms with Gasteiger partial charge in [0.1, 0.15) is 5.82 Å². The number of amides is 1. The summed E-state index contributed by atoms with van der Waals surface area (Å²) in [6, 6.07) is 0.746. The third-order valence-electron chi connectivity index (χ3n) is 6.09. The Morgan fingerprint density at radius 1 is 1.03 bits per heavy atom. The second kappa shape index (κ2) is 13.7. The molecule has 0 saturated heterocycles. The zero-order valence-corrected chi connectivity index (χ0v) is 20.5. The highest BCUT2D eigenvalue weighted by Crippen LogP contribution is 2.58. The van der Waals surface area contributed by atoms with Gasteiger partial charge in [0.15, 0.2) is 0 Å². The van der Waals surface area contributed by atoms with Gasteiger partial charge in [0.05, 0.1) is 12.1 Å². The molecular formula is C25H46N4O. The van der Waals surface area contributed by atoms with Crippen molar-refractivity contribution in [2.75, 3.05) is 6.67 Å². The molecule has 1 amide bonds. The maximum absolute atomic E-state index is 13.3. The molecule has 1 saturated carbocycles. The van der Waals surface area contributed by atoms with E-state index in [1.165, 1.54) is 25.7 Å². The molecule has 0 bridgehead atoms. The minimum absolute atomic E-state index is 0.225. The first-order valence-corrected chi connectivity index (χ1v) is 12.4. The third kappa shape index (κ3) is 6.26. The molecule has 2 rings (SSSR count). The maximum Gasteiger partial charge on any atom is 0.239 e. The van der Waals surface area contributed by atoms with Crippen molar-refractivity contribution in [2.45, 2.75) is 118 Å². The molecule has 30 heavy (non-hydrogen) atoms. The van der Waals surface area contributed by atoms with Crippen molar-refractivity contribution in [3.63, 3.8) is 0 Å². The third-order valence-corrected chi connectivity index (χ3v) is 6.09. The van der Waals surface area contributed by atoms with Crippen LogP contribution in [0.5, 0.6) is 0 Å². The Morgan fingerprint density at radius 3 is 2.00 bits per heavy atom. The number of carbonyl (C=O) groups is 1. The average molecular weight is 419 g/mol. The van der Waals surface area contributed by atoms with Crippen molar-refractivity contribution in [3.8, 4) is 0 Å². The molecule has 0 atom stereocenters. The van der Waals surface area contributed by atoms with E-state index in [0.29, 0.717) is 12.7 Å². The van der Waals surface area contributed by atoms with Crippen molar-refractivity contribution in [1.29, 1.82) is 0 Å². The number of hydrogen-bond acceptors (Lipinski definition) is 4. The number of hydrogen-bond donors (Lipinski definition) is 1. The molecule has 2 aliphatic rings. The summed E-state index contributed by atoms with van der Waals surface area (Å²) in [7, 11) is 0. The van der Waals surface area contributed by atoms with Crippen molar-refractivity contribution >= 4 is 18.8 Å². The Morgan fingerprint density at radius 2 is 1.57 bits per heavy atom. The summed E-state index contributed by atoms with van der Waals surface area (Å²) in [5.41, 5.74) is 0.625. The van der Waals surface area contributed by atoms with Crippen LogP contribution in [0.3, 0.4) is 0 Å². The van der Waals surface area contributed by atoms with Crippen LogP contribution in [-0.2, 0) is 4.79 Å². The van der Waals surface area contributed by atoms with Gasteiger partial charge in [-0.25, -0.2) is 4.99 Å². The maximum atomic E-state index is 13.3. The summed E-state index contributed by atoms with van der Waals surface area (Å²) in [5, 5.41) is 3.55. The highest BCUT2D eigenvalue weighted by molar-refractivity contribution is 6.03. The van der Waals surface area contributed by atoms with Gasteiger partial charge in [-0.15, -0.1) is 0 Å². The largest absolute Gasteiger partial charge is 0.296 e. The Balaban J connectivity index is 0.00000218. The second-order valence-corrected chi connectivity index (χ2v) is 8.33. The number of nitrogens with zero attached hydrogens (tertiary/aromatic N) is 3. The zero-order valence-electron chi connectivity index (χ0n) is 20.5. The zero-order chi connectivity index (χ0) is 22.6. The highest BCUT2D eigenvalue weighted by atomic mass is 16.2.